The lowest BCUT2D eigenvalue weighted by atomic mass is 9.94. The summed E-state index contributed by atoms with van der Waals surface area (Å²) in [6.07, 6.45) is 1.28. The van der Waals surface area contributed by atoms with Crippen LogP contribution in [0, 0.1) is 11.7 Å². The summed E-state index contributed by atoms with van der Waals surface area (Å²) in [6.45, 7) is 1.10. The van der Waals surface area contributed by atoms with Gasteiger partial charge in [0.15, 0.2) is 0 Å². The molecule has 0 aromatic heterocycles. The van der Waals surface area contributed by atoms with Crippen LogP contribution in [0.2, 0.25) is 5.02 Å². The molecular weight excluding hydrogens is 409 g/mol. The Labute approximate surface area is 178 Å². The van der Waals surface area contributed by atoms with E-state index in [1.54, 1.807) is 0 Å². The quantitative estimate of drug-likeness (QED) is 0.756. The van der Waals surface area contributed by atoms with Crippen molar-refractivity contribution in [2.75, 3.05) is 23.3 Å². The van der Waals surface area contributed by atoms with E-state index in [-0.39, 0.29) is 40.8 Å². The van der Waals surface area contributed by atoms with Crippen molar-refractivity contribution >= 4 is 40.7 Å². The van der Waals surface area contributed by atoms with E-state index >= 15 is 0 Å². The molecule has 2 fully saturated rings. The van der Waals surface area contributed by atoms with Gasteiger partial charge in [0.1, 0.15) is 5.82 Å². The molecule has 0 spiro atoms. The first-order valence-electron chi connectivity index (χ1n) is 9.86. The van der Waals surface area contributed by atoms with Crippen LogP contribution in [0.5, 0.6) is 0 Å². The van der Waals surface area contributed by atoms with Crippen molar-refractivity contribution in [1.82, 2.24) is 4.90 Å². The van der Waals surface area contributed by atoms with Gasteiger partial charge >= 0.3 is 0 Å². The third-order valence-electron chi connectivity index (χ3n) is 5.67. The highest BCUT2D eigenvalue weighted by Gasteiger charge is 2.44. The summed E-state index contributed by atoms with van der Waals surface area (Å²) in [5, 5.41) is 2.78. The summed E-state index contributed by atoms with van der Waals surface area (Å²) in [7, 11) is 0. The van der Waals surface area contributed by atoms with Gasteiger partial charge in [-0.05, 0) is 56.3 Å². The predicted molar refractivity (Wildman–Crippen MR) is 112 cm³/mol. The molecule has 0 aliphatic carbocycles. The Balaban J connectivity index is 1.38. The summed E-state index contributed by atoms with van der Waals surface area (Å²) in [5.74, 6) is -1.45. The van der Waals surface area contributed by atoms with Crippen molar-refractivity contribution in [3.05, 3.63) is 59.4 Å². The highest BCUT2D eigenvalue weighted by Crippen LogP contribution is 2.31. The average Bonchev–Trinajstić information content (AvgIpc) is 3.05. The molecule has 0 radical (unpaired) electrons. The normalized spacial score (nSPS) is 20.6. The highest BCUT2D eigenvalue weighted by molar-refractivity contribution is 6.31. The molecule has 0 saturated carbocycles. The van der Waals surface area contributed by atoms with Gasteiger partial charge in [0.05, 0.1) is 23.2 Å². The van der Waals surface area contributed by atoms with E-state index in [1.807, 2.05) is 35.2 Å². The van der Waals surface area contributed by atoms with Crippen molar-refractivity contribution in [3.63, 3.8) is 0 Å². The van der Waals surface area contributed by atoms with Gasteiger partial charge in [-0.3, -0.25) is 19.3 Å². The number of rotatable bonds is 4. The Hall–Kier alpha value is -2.77. The number of amides is 3. The van der Waals surface area contributed by atoms with E-state index < -0.39 is 11.9 Å². The first-order chi connectivity index (χ1) is 14.4. The zero-order valence-electron chi connectivity index (χ0n) is 16.2. The third kappa shape index (κ3) is 4.08. The molecule has 2 saturated heterocycles. The van der Waals surface area contributed by atoms with Crippen LogP contribution in [0.15, 0.2) is 48.5 Å². The van der Waals surface area contributed by atoms with Crippen LogP contribution in [-0.2, 0) is 14.4 Å². The van der Waals surface area contributed by atoms with Crippen LogP contribution in [0.3, 0.4) is 0 Å². The molecule has 2 aromatic rings. The van der Waals surface area contributed by atoms with Crippen molar-refractivity contribution in [2.45, 2.75) is 25.3 Å². The highest BCUT2D eigenvalue weighted by atomic mass is 35.5. The molecule has 2 aliphatic rings. The van der Waals surface area contributed by atoms with Gasteiger partial charge in [0.25, 0.3) is 5.91 Å². The van der Waals surface area contributed by atoms with Gasteiger partial charge in [-0.25, -0.2) is 9.29 Å². The predicted octanol–water partition coefficient (Wildman–Crippen LogP) is 3.46. The Morgan fingerprint density at radius 3 is 2.43 bits per heavy atom. The lowest BCUT2D eigenvalue weighted by molar-refractivity contribution is -0.123. The SMILES string of the molecule is O=C(Nc1ccccc1)C1CCN([C@@H]2CC(=O)N(c3ccc(F)c(Cl)c3)C2=O)CC1. The Morgan fingerprint density at radius 2 is 1.77 bits per heavy atom. The summed E-state index contributed by atoms with van der Waals surface area (Å²) < 4.78 is 13.4. The fourth-order valence-electron chi connectivity index (χ4n) is 4.04. The number of anilines is 2. The molecular formula is C22H21ClFN3O3. The zero-order valence-corrected chi connectivity index (χ0v) is 16.9. The van der Waals surface area contributed by atoms with Crippen LogP contribution >= 0.6 is 11.6 Å². The maximum atomic E-state index is 13.4. The second-order valence-corrected chi connectivity index (χ2v) is 7.96. The Morgan fingerprint density at radius 1 is 1.07 bits per heavy atom. The molecule has 2 aliphatic heterocycles. The topological polar surface area (TPSA) is 69.7 Å². The van der Waals surface area contributed by atoms with E-state index in [0.29, 0.717) is 25.9 Å². The number of hydrogen-bond donors (Lipinski definition) is 1. The monoisotopic (exact) mass is 429 g/mol. The maximum absolute atomic E-state index is 13.4. The van der Waals surface area contributed by atoms with Crippen LogP contribution in [0.25, 0.3) is 0 Å². The van der Waals surface area contributed by atoms with Crippen molar-refractivity contribution in [2.24, 2.45) is 5.92 Å². The van der Waals surface area contributed by atoms with E-state index in [1.165, 1.54) is 12.1 Å². The number of halogens is 2. The molecule has 156 valence electrons. The van der Waals surface area contributed by atoms with Crippen LogP contribution in [0.4, 0.5) is 15.8 Å². The first kappa shape index (κ1) is 20.5. The van der Waals surface area contributed by atoms with E-state index in [2.05, 4.69) is 5.32 Å². The molecule has 2 aromatic carbocycles. The molecule has 2 heterocycles. The van der Waals surface area contributed by atoms with Gasteiger partial charge in [0, 0.05) is 11.6 Å². The summed E-state index contributed by atoms with van der Waals surface area (Å²) in [6, 6.07) is 12.5. The van der Waals surface area contributed by atoms with E-state index in [0.717, 1.165) is 16.7 Å². The van der Waals surface area contributed by atoms with E-state index in [9.17, 15) is 18.8 Å². The minimum atomic E-state index is -0.605. The number of hydrogen-bond acceptors (Lipinski definition) is 4. The molecule has 4 rings (SSSR count). The lowest BCUT2D eigenvalue weighted by Crippen LogP contribution is -2.47. The second kappa shape index (κ2) is 8.53. The number of piperidine rings is 1. The molecule has 6 nitrogen and oxygen atoms in total. The van der Waals surface area contributed by atoms with Gasteiger partial charge < -0.3 is 5.32 Å². The Bertz CT molecular complexity index is 977. The van der Waals surface area contributed by atoms with Gasteiger partial charge in [-0.1, -0.05) is 29.8 Å². The number of nitrogens with one attached hydrogen (secondary N) is 1. The minimum Gasteiger partial charge on any atom is -0.326 e. The maximum Gasteiger partial charge on any atom is 0.251 e. The number of para-hydroxylation sites is 1. The van der Waals surface area contributed by atoms with Crippen molar-refractivity contribution in [3.8, 4) is 0 Å². The summed E-state index contributed by atoms with van der Waals surface area (Å²) in [4.78, 5) is 40.9. The molecule has 8 heteroatoms. The molecule has 0 unspecified atom stereocenters. The number of likely N-dealkylation sites (tertiary alicyclic amines) is 1. The standard InChI is InChI=1S/C22H21ClFN3O3/c23-17-12-16(6-7-18(17)24)27-20(28)13-19(22(27)30)26-10-8-14(9-11-26)21(29)25-15-4-2-1-3-5-15/h1-7,12,14,19H,8-11,13H2,(H,25,29)/t19-/m1/s1. The number of nitrogens with zero attached hydrogens (tertiary/aromatic N) is 2. The molecule has 1 atom stereocenters. The molecule has 1 N–H and O–H groups in total. The smallest absolute Gasteiger partial charge is 0.251 e. The molecule has 0 bridgehead atoms. The van der Waals surface area contributed by atoms with Gasteiger partial charge in [-0.2, -0.15) is 0 Å². The minimum absolute atomic E-state index is 0.0303. The number of carbonyl (C=O) groups excluding carboxylic acids is 3. The molecule has 30 heavy (non-hydrogen) atoms. The van der Waals surface area contributed by atoms with Crippen molar-refractivity contribution in [1.29, 1.82) is 0 Å². The van der Waals surface area contributed by atoms with Gasteiger partial charge in [0.2, 0.25) is 11.8 Å². The summed E-state index contributed by atoms with van der Waals surface area (Å²) >= 11 is 5.80. The second-order valence-electron chi connectivity index (χ2n) is 7.55. The first-order valence-corrected chi connectivity index (χ1v) is 10.2. The summed E-state index contributed by atoms with van der Waals surface area (Å²) in [5.41, 5.74) is 1.03. The zero-order chi connectivity index (χ0) is 21.3. The lowest BCUT2D eigenvalue weighted by Gasteiger charge is -2.34. The van der Waals surface area contributed by atoms with Crippen molar-refractivity contribution < 1.29 is 18.8 Å². The van der Waals surface area contributed by atoms with Gasteiger partial charge in [-0.15, -0.1) is 0 Å². The molecule has 3 amide bonds. The van der Waals surface area contributed by atoms with Crippen LogP contribution in [-0.4, -0.2) is 41.8 Å². The Kier molecular flexibility index (Phi) is 5.83. The van der Waals surface area contributed by atoms with Crippen LogP contribution in [0.1, 0.15) is 19.3 Å². The number of imide groups is 1. The average molecular weight is 430 g/mol. The van der Waals surface area contributed by atoms with Crippen LogP contribution < -0.4 is 10.2 Å². The largest absolute Gasteiger partial charge is 0.326 e. The fraction of sp³-hybridized carbons (Fsp3) is 0.318. The fourth-order valence-corrected chi connectivity index (χ4v) is 4.21. The number of carbonyl (C=O) groups is 3. The van der Waals surface area contributed by atoms with E-state index in [4.69, 9.17) is 11.6 Å². The number of benzene rings is 2. The third-order valence-corrected chi connectivity index (χ3v) is 5.96.